The van der Waals surface area contributed by atoms with Crippen LogP contribution < -0.4 is 0 Å². The quantitative estimate of drug-likeness (QED) is 0.385. The van der Waals surface area contributed by atoms with E-state index in [1.54, 1.807) is 0 Å². The highest BCUT2D eigenvalue weighted by atomic mass is 35.5. The van der Waals surface area contributed by atoms with E-state index in [1.807, 2.05) is 0 Å². The molecule has 0 spiro atoms. The molecule has 124 valence electrons. The molecule has 0 unspecified atom stereocenters. The monoisotopic (exact) mass is 393 g/mol. The third kappa shape index (κ3) is 3.84. The first-order valence-electron chi connectivity index (χ1n) is 5.71. The lowest BCUT2D eigenvalue weighted by Gasteiger charge is -2.16. The summed E-state index contributed by atoms with van der Waals surface area (Å²) in [6.45, 7) is 0. The number of pyridine rings is 1. The second-order valence-corrected chi connectivity index (χ2v) is 5.56. The fraction of sp³-hybridized carbons (Fsp3) is 0.154. The lowest BCUT2D eigenvalue weighted by Crippen LogP contribution is -2.18. The van der Waals surface area contributed by atoms with Gasteiger partial charge in [0.25, 0.3) is 0 Å². The van der Waals surface area contributed by atoms with Crippen LogP contribution in [-0.4, -0.2) is 4.98 Å². The lowest BCUT2D eigenvalue weighted by molar-refractivity contribution is -0.164. The van der Waals surface area contributed by atoms with Gasteiger partial charge in [0, 0.05) is 5.56 Å². The zero-order valence-electron chi connectivity index (χ0n) is 10.7. The largest absolute Gasteiger partial charge is 0.433 e. The van der Waals surface area contributed by atoms with E-state index >= 15 is 0 Å². The molecule has 1 heterocycles. The van der Waals surface area contributed by atoms with Gasteiger partial charge in [0.1, 0.15) is 0 Å². The van der Waals surface area contributed by atoms with Crippen LogP contribution in [0.5, 0.6) is 0 Å². The minimum absolute atomic E-state index is 0.0266. The Labute approximate surface area is 140 Å². The molecule has 0 radical (unpaired) electrons. The van der Waals surface area contributed by atoms with E-state index in [0.717, 1.165) is 18.2 Å². The number of alkyl halides is 6. The van der Waals surface area contributed by atoms with Crippen LogP contribution in [-0.2, 0) is 12.4 Å². The summed E-state index contributed by atoms with van der Waals surface area (Å²) >= 11 is 17.3. The van der Waals surface area contributed by atoms with E-state index in [4.69, 9.17) is 34.8 Å². The fourth-order valence-electron chi connectivity index (χ4n) is 1.77. The summed E-state index contributed by atoms with van der Waals surface area (Å²) in [5.41, 5.74) is -4.41. The van der Waals surface area contributed by atoms with E-state index in [1.165, 1.54) is 0 Å². The van der Waals surface area contributed by atoms with Gasteiger partial charge < -0.3 is 0 Å². The predicted molar refractivity (Wildman–Crippen MR) is 74.7 cm³/mol. The molecule has 0 saturated heterocycles. The highest BCUT2D eigenvalue weighted by molar-refractivity contribution is 6.44. The molecule has 1 aromatic heterocycles. The summed E-state index contributed by atoms with van der Waals surface area (Å²) in [4.78, 5) is 3.08. The van der Waals surface area contributed by atoms with Gasteiger partial charge in [-0.05, 0) is 24.3 Å². The van der Waals surface area contributed by atoms with Crippen LogP contribution in [0.3, 0.4) is 0 Å². The average Bonchev–Trinajstić information content (AvgIpc) is 2.40. The summed E-state index contributed by atoms with van der Waals surface area (Å²) in [6.07, 6.45) is -10.5. The zero-order valence-corrected chi connectivity index (χ0v) is 12.9. The molecule has 0 fully saturated rings. The summed E-state index contributed by atoms with van der Waals surface area (Å²) in [6, 6.07) is 3.36. The molecule has 10 heteroatoms. The van der Waals surface area contributed by atoms with Gasteiger partial charge >= 0.3 is 12.4 Å². The van der Waals surface area contributed by atoms with E-state index in [9.17, 15) is 26.3 Å². The molecule has 0 saturated carbocycles. The molecule has 2 aromatic rings. The number of benzene rings is 1. The maximum atomic E-state index is 12.9. The SMILES string of the molecule is FC(F)(F)c1ccc(-c2cc(Cl)c(Cl)cc2Cl)nc1C(F)(F)F. The van der Waals surface area contributed by atoms with Crippen LogP contribution in [0.4, 0.5) is 26.3 Å². The number of hydrogen-bond donors (Lipinski definition) is 0. The van der Waals surface area contributed by atoms with E-state index in [2.05, 4.69) is 4.98 Å². The molecule has 0 aliphatic carbocycles. The Morgan fingerprint density at radius 2 is 1.30 bits per heavy atom. The molecular formula is C13H4Cl3F6N. The lowest BCUT2D eigenvalue weighted by atomic mass is 10.1. The van der Waals surface area contributed by atoms with Crippen molar-refractivity contribution in [2.45, 2.75) is 12.4 Å². The fourth-order valence-corrected chi connectivity index (χ4v) is 2.42. The minimum Gasteiger partial charge on any atom is -0.243 e. The number of hydrogen-bond acceptors (Lipinski definition) is 1. The molecule has 1 aromatic carbocycles. The van der Waals surface area contributed by atoms with Crippen LogP contribution in [0, 0.1) is 0 Å². The third-order valence-electron chi connectivity index (χ3n) is 2.76. The van der Waals surface area contributed by atoms with Gasteiger partial charge in [0.05, 0.1) is 26.3 Å². The van der Waals surface area contributed by atoms with Crippen molar-refractivity contribution in [3.63, 3.8) is 0 Å². The molecule has 23 heavy (non-hydrogen) atoms. The van der Waals surface area contributed by atoms with Crippen LogP contribution in [0.15, 0.2) is 24.3 Å². The van der Waals surface area contributed by atoms with Crippen molar-refractivity contribution in [2.75, 3.05) is 0 Å². The second-order valence-electron chi connectivity index (χ2n) is 4.33. The van der Waals surface area contributed by atoms with Crippen LogP contribution in [0.25, 0.3) is 11.3 Å². The highest BCUT2D eigenvalue weighted by Crippen LogP contribution is 2.41. The Hall–Kier alpha value is -1.18. The van der Waals surface area contributed by atoms with Crippen molar-refractivity contribution in [1.82, 2.24) is 4.98 Å². The molecule has 0 N–H and O–H groups in total. The van der Waals surface area contributed by atoms with Gasteiger partial charge in [-0.3, -0.25) is 0 Å². The molecule has 1 nitrogen and oxygen atoms in total. The molecule has 0 bridgehead atoms. The van der Waals surface area contributed by atoms with Gasteiger partial charge in [-0.15, -0.1) is 0 Å². The summed E-state index contributed by atoms with van der Waals surface area (Å²) in [5.74, 6) is 0. The maximum Gasteiger partial charge on any atom is 0.433 e. The van der Waals surface area contributed by atoms with E-state index in [0.29, 0.717) is 6.07 Å². The van der Waals surface area contributed by atoms with Gasteiger partial charge in [-0.25, -0.2) is 4.98 Å². The van der Waals surface area contributed by atoms with E-state index in [-0.39, 0.29) is 20.6 Å². The van der Waals surface area contributed by atoms with E-state index < -0.39 is 29.3 Å². The number of rotatable bonds is 1. The second kappa shape index (κ2) is 6.03. The predicted octanol–water partition coefficient (Wildman–Crippen LogP) is 6.75. The van der Waals surface area contributed by atoms with Crippen molar-refractivity contribution in [3.8, 4) is 11.3 Å². The van der Waals surface area contributed by atoms with Crippen molar-refractivity contribution in [3.05, 3.63) is 50.6 Å². The van der Waals surface area contributed by atoms with Gasteiger partial charge in [0.15, 0.2) is 5.69 Å². The molecule has 0 aliphatic rings. The van der Waals surface area contributed by atoms with Crippen molar-refractivity contribution >= 4 is 34.8 Å². The molecular weight excluding hydrogens is 390 g/mol. The van der Waals surface area contributed by atoms with Gasteiger partial charge in [0.2, 0.25) is 0 Å². The Bertz CT molecular complexity index is 755. The number of nitrogens with zero attached hydrogens (tertiary/aromatic N) is 1. The van der Waals surface area contributed by atoms with Crippen LogP contribution in [0.2, 0.25) is 15.1 Å². The standard InChI is InChI=1S/C13H4Cl3F6N/c14-7-4-9(16)8(15)3-5(7)10-2-1-6(12(17,18)19)11(23-10)13(20,21)22/h1-4H. The van der Waals surface area contributed by atoms with Crippen molar-refractivity contribution in [2.24, 2.45) is 0 Å². The third-order valence-corrected chi connectivity index (χ3v) is 3.79. The first kappa shape index (κ1) is 18.2. The Kier molecular flexibility index (Phi) is 4.76. The molecule has 2 rings (SSSR count). The molecule has 0 atom stereocenters. The summed E-state index contributed by atoms with van der Waals surface area (Å²) in [5, 5.41) is -0.0792. The first-order valence-corrected chi connectivity index (χ1v) is 6.85. The number of halogens is 9. The highest BCUT2D eigenvalue weighted by Gasteiger charge is 2.44. The Balaban J connectivity index is 2.70. The van der Waals surface area contributed by atoms with Gasteiger partial charge in [-0.2, -0.15) is 26.3 Å². The Morgan fingerprint density at radius 1 is 0.739 bits per heavy atom. The van der Waals surface area contributed by atoms with Crippen LogP contribution >= 0.6 is 34.8 Å². The smallest absolute Gasteiger partial charge is 0.243 e. The summed E-state index contributed by atoms with van der Waals surface area (Å²) < 4.78 is 76.7. The van der Waals surface area contributed by atoms with Crippen LogP contribution in [0.1, 0.15) is 11.3 Å². The zero-order chi connectivity index (χ0) is 17.6. The molecule has 0 amide bonds. The maximum absolute atomic E-state index is 12.9. The van der Waals surface area contributed by atoms with Crippen molar-refractivity contribution < 1.29 is 26.3 Å². The summed E-state index contributed by atoms with van der Waals surface area (Å²) in [7, 11) is 0. The van der Waals surface area contributed by atoms with Crippen molar-refractivity contribution in [1.29, 1.82) is 0 Å². The number of aromatic nitrogens is 1. The molecule has 0 aliphatic heterocycles. The topological polar surface area (TPSA) is 12.9 Å². The van der Waals surface area contributed by atoms with Gasteiger partial charge in [-0.1, -0.05) is 34.8 Å². The Morgan fingerprint density at radius 3 is 1.83 bits per heavy atom. The normalized spacial score (nSPS) is 12.6. The average molecular weight is 395 g/mol. The first-order chi connectivity index (χ1) is 10.4. The minimum atomic E-state index is -5.29.